The first kappa shape index (κ1) is 12.0. The lowest BCUT2D eigenvalue weighted by molar-refractivity contribution is 0.101. The number of thiazole rings is 1. The summed E-state index contributed by atoms with van der Waals surface area (Å²) in [6.07, 6.45) is 0. The number of ketones is 1. The molecule has 0 radical (unpaired) electrons. The molecule has 0 bridgehead atoms. The molecule has 1 N–H and O–H groups in total. The number of nitrogens with one attached hydrogen (secondary N) is 1. The summed E-state index contributed by atoms with van der Waals surface area (Å²) in [6.45, 7) is 1.24. The van der Waals surface area contributed by atoms with E-state index in [1.807, 2.05) is 0 Å². The highest BCUT2D eigenvalue weighted by Crippen LogP contribution is 2.19. The van der Waals surface area contributed by atoms with Gasteiger partial charge >= 0.3 is 5.76 Å². The predicted octanol–water partition coefficient (Wildman–Crippen LogP) is 1.31. The second-order valence-corrected chi connectivity index (χ2v) is 5.01. The minimum Gasteiger partial charge on any atom is -0.293 e. The van der Waals surface area contributed by atoms with Gasteiger partial charge in [-0.25, -0.2) is 13.4 Å². The van der Waals surface area contributed by atoms with Crippen LogP contribution in [0.2, 0.25) is 0 Å². The summed E-state index contributed by atoms with van der Waals surface area (Å²) >= 11 is 0.767. The van der Waals surface area contributed by atoms with Gasteiger partial charge < -0.3 is 0 Å². The summed E-state index contributed by atoms with van der Waals surface area (Å²) in [7, 11) is -4.71. The molecule has 15 heavy (non-hydrogen) atoms. The van der Waals surface area contributed by atoms with Crippen molar-refractivity contribution >= 4 is 32.3 Å². The summed E-state index contributed by atoms with van der Waals surface area (Å²) in [6, 6.07) is 0. The standard InChI is InChI=1S/C6H6F2N2O3S2/c1-3(11)4-2-14-6(9-4)10-15(12,13)5(7)8/h2,5H,1H3,(H,9,10). The van der Waals surface area contributed by atoms with Crippen molar-refractivity contribution in [3.05, 3.63) is 11.1 Å². The minimum atomic E-state index is -4.71. The van der Waals surface area contributed by atoms with Gasteiger partial charge in [0.25, 0.3) is 10.0 Å². The lowest BCUT2D eigenvalue weighted by Gasteiger charge is -2.01. The Morgan fingerprint density at radius 2 is 2.20 bits per heavy atom. The van der Waals surface area contributed by atoms with E-state index in [4.69, 9.17) is 0 Å². The van der Waals surface area contributed by atoms with Crippen LogP contribution in [0.25, 0.3) is 0 Å². The zero-order valence-electron chi connectivity index (χ0n) is 7.40. The first-order valence-corrected chi connectivity index (χ1v) is 6.02. The molecule has 0 spiro atoms. The minimum absolute atomic E-state index is 0.0342. The van der Waals surface area contributed by atoms with Crippen molar-refractivity contribution in [2.24, 2.45) is 0 Å². The first-order chi connectivity index (χ1) is 6.83. The monoisotopic (exact) mass is 256 g/mol. The van der Waals surface area contributed by atoms with E-state index in [1.54, 1.807) is 4.72 Å². The summed E-state index contributed by atoms with van der Waals surface area (Å²) in [4.78, 5) is 14.3. The van der Waals surface area contributed by atoms with Crippen molar-refractivity contribution in [1.29, 1.82) is 0 Å². The molecular formula is C6H6F2N2O3S2. The van der Waals surface area contributed by atoms with Crippen molar-refractivity contribution in [3.63, 3.8) is 0 Å². The quantitative estimate of drug-likeness (QED) is 0.824. The molecule has 0 aliphatic carbocycles. The van der Waals surface area contributed by atoms with Crippen molar-refractivity contribution in [3.8, 4) is 0 Å². The van der Waals surface area contributed by atoms with E-state index in [-0.39, 0.29) is 16.6 Å². The zero-order chi connectivity index (χ0) is 11.6. The van der Waals surface area contributed by atoms with Crippen molar-refractivity contribution in [2.45, 2.75) is 12.7 Å². The van der Waals surface area contributed by atoms with Crippen LogP contribution in [0.1, 0.15) is 17.4 Å². The van der Waals surface area contributed by atoms with E-state index in [2.05, 4.69) is 4.98 Å². The number of Topliss-reactive ketones (excluding diaryl/α,β-unsaturated/α-hetero) is 1. The van der Waals surface area contributed by atoms with E-state index in [1.165, 1.54) is 12.3 Å². The maximum Gasteiger partial charge on any atom is 0.355 e. The Labute approximate surface area is 88.2 Å². The second-order valence-electron chi connectivity index (χ2n) is 2.50. The third-order valence-corrected chi connectivity index (χ3v) is 3.16. The van der Waals surface area contributed by atoms with Crippen LogP contribution < -0.4 is 4.72 Å². The molecule has 9 heteroatoms. The number of anilines is 1. The smallest absolute Gasteiger partial charge is 0.293 e. The lowest BCUT2D eigenvalue weighted by Crippen LogP contribution is -2.20. The van der Waals surface area contributed by atoms with Crippen molar-refractivity contribution in [1.82, 2.24) is 4.98 Å². The van der Waals surface area contributed by atoms with E-state index in [0.717, 1.165) is 11.3 Å². The Bertz CT molecular complexity index is 468. The fourth-order valence-corrected chi connectivity index (χ4v) is 2.16. The average Bonchev–Trinajstić information content (AvgIpc) is 2.51. The largest absolute Gasteiger partial charge is 0.355 e. The lowest BCUT2D eigenvalue weighted by atomic mass is 10.4. The summed E-state index contributed by atoms with van der Waals surface area (Å²) in [5.74, 6) is -3.89. The molecule has 0 fully saturated rings. The van der Waals surface area contributed by atoms with Crippen LogP contribution in [0.4, 0.5) is 13.9 Å². The fraction of sp³-hybridized carbons (Fsp3) is 0.333. The first-order valence-electron chi connectivity index (χ1n) is 3.59. The van der Waals surface area contributed by atoms with Crippen LogP contribution in [0.5, 0.6) is 0 Å². The molecule has 84 valence electrons. The number of nitrogens with zero attached hydrogens (tertiary/aromatic N) is 1. The molecule has 0 unspecified atom stereocenters. The summed E-state index contributed by atoms with van der Waals surface area (Å²) in [5, 5.41) is 1.03. The molecule has 0 aliphatic rings. The maximum absolute atomic E-state index is 11.9. The third kappa shape index (κ3) is 2.93. The topological polar surface area (TPSA) is 76.1 Å². The number of alkyl halides is 2. The SMILES string of the molecule is CC(=O)c1csc(NS(=O)(=O)C(F)F)n1. The van der Waals surface area contributed by atoms with Gasteiger partial charge in [-0.2, -0.15) is 8.78 Å². The molecule has 1 heterocycles. The highest BCUT2D eigenvalue weighted by molar-refractivity contribution is 7.93. The molecule has 0 atom stereocenters. The van der Waals surface area contributed by atoms with Gasteiger partial charge in [0.05, 0.1) is 0 Å². The van der Waals surface area contributed by atoms with E-state index < -0.39 is 15.8 Å². The predicted molar refractivity (Wildman–Crippen MR) is 50.7 cm³/mol. The molecule has 5 nitrogen and oxygen atoms in total. The number of aromatic nitrogens is 1. The van der Waals surface area contributed by atoms with Gasteiger partial charge in [0.1, 0.15) is 5.69 Å². The maximum atomic E-state index is 11.9. The number of carbonyl (C=O) groups is 1. The Kier molecular flexibility index (Phi) is 3.35. The van der Waals surface area contributed by atoms with Crippen LogP contribution in [-0.2, 0) is 10.0 Å². The Morgan fingerprint density at radius 3 is 2.60 bits per heavy atom. The van der Waals surface area contributed by atoms with Crippen LogP contribution in [0, 0.1) is 0 Å². The van der Waals surface area contributed by atoms with Crippen LogP contribution in [0.15, 0.2) is 5.38 Å². The molecule has 1 rings (SSSR count). The average molecular weight is 256 g/mol. The van der Waals surface area contributed by atoms with Crippen LogP contribution in [-0.4, -0.2) is 24.9 Å². The Balaban J connectivity index is 2.87. The van der Waals surface area contributed by atoms with Gasteiger partial charge in [0.15, 0.2) is 10.9 Å². The summed E-state index contributed by atoms with van der Waals surface area (Å²) < 4.78 is 46.8. The normalized spacial score (nSPS) is 11.7. The van der Waals surface area contributed by atoms with Gasteiger partial charge in [-0.1, -0.05) is 0 Å². The molecule has 0 amide bonds. The number of hydrogen-bond acceptors (Lipinski definition) is 5. The Morgan fingerprint density at radius 1 is 1.60 bits per heavy atom. The van der Waals surface area contributed by atoms with Crippen LogP contribution >= 0.6 is 11.3 Å². The van der Waals surface area contributed by atoms with E-state index in [0.29, 0.717) is 0 Å². The molecule has 0 aromatic carbocycles. The molecule has 1 aromatic rings. The molecule has 0 saturated heterocycles. The van der Waals surface area contributed by atoms with Gasteiger partial charge in [-0.15, -0.1) is 11.3 Å². The van der Waals surface area contributed by atoms with Gasteiger partial charge in [0.2, 0.25) is 0 Å². The van der Waals surface area contributed by atoms with Crippen LogP contribution in [0.3, 0.4) is 0 Å². The molecule has 0 saturated carbocycles. The fourth-order valence-electron chi connectivity index (χ4n) is 0.649. The highest BCUT2D eigenvalue weighted by Gasteiger charge is 2.25. The molecule has 0 aliphatic heterocycles. The van der Waals surface area contributed by atoms with E-state index >= 15 is 0 Å². The van der Waals surface area contributed by atoms with Crippen molar-refractivity contribution < 1.29 is 22.0 Å². The summed E-state index contributed by atoms with van der Waals surface area (Å²) in [5.41, 5.74) is 0.0342. The highest BCUT2D eigenvalue weighted by atomic mass is 32.2. The van der Waals surface area contributed by atoms with Gasteiger partial charge in [-0.05, 0) is 0 Å². The number of carbonyl (C=O) groups excluding carboxylic acids is 1. The number of rotatable bonds is 4. The second kappa shape index (κ2) is 4.19. The third-order valence-electron chi connectivity index (χ3n) is 1.33. The number of hydrogen-bond donors (Lipinski definition) is 1. The number of sulfonamides is 1. The number of halogens is 2. The Hall–Kier alpha value is -1.09. The van der Waals surface area contributed by atoms with E-state index in [9.17, 15) is 22.0 Å². The zero-order valence-corrected chi connectivity index (χ0v) is 9.03. The molecular weight excluding hydrogens is 250 g/mol. The molecule has 1 aromatic heterocycles. The van der Waals surface area contributed by atoms with Crippen molar-refractivity contribution in [2.75, 3.05) is 4.72 Å². The van der Waals surface area contributed by atoms with Gasteiger partial charge in [-0.3, -0.25) is 9.52 Å². The van der Waals surface area contributed by atoms with Gasteiger partial charge in [0, 0.05) is 12.3 Å².